The molecule has 0 amide bonds. The van der Waals surface area contributed by atoms with Crippen LogP contribution in [0, 0.1) is 13.8 Å². The summed E-state index contributed by atoms with van der Waals surface area (Å²) in [4.78, 5) is 4.70. The molecule has 0 fully saturated rings. The molecular formula is C11H13NS. The molecular weight excluding hydrogens is 178 g/mol. The average Bonchev–Trinajstić information content (AvgIpc) is 2.42. The fraction of sp³-hybridized carbons (Fsp3) is 0.273. The molecule has 0 atom stereocenters. The molecule has 0 saturated carbocycles. The van der Waals surface area contributed by atoms with Gasteiger partial charge in [-0.1, -0.05) is 6.07 Å². The van der Waals surface area contributed by atoms with Gasteiger partial charge in [-0.15, -0.1) is 11.8 Å². The number of aromatic amines is 1. The zero-order valence-corrected chi connectivity index (χ0v) is 8.96. The van der Waals surface area contributed by atoms with Crippen LogP contribution in [-0.2, 0) is 0 Å². The van der Waals surface area contributed by atoms with Crippen LogP contribution in [-0.4, -0.2) is 11.2 Å². The Morgan fingerprint density at radius 2 is 2.00 bits per heavy atom. The fourth-order valence-electron chi connectivity index (χ4n) is 1.58. The second-order valence-electron chi connectivity index (χ2n) is 3.29. The van der Waals surface area contributed by atoms with Crippen molar-refractivity contribution in [2.45, 2.75) is 18.7 Å². The van der Waals surface area contributed by atoms with E-state index < -0.39 is 0 Å². The van der Waals surface area contributed by atoms with Gasteiger partial charge in [-0.25, -0.2) is 0 Å². The van der Waals surface area contributed by atoms with Crippen molar-refractivity contribution >= 4 is 22.7 Å². The number of aryl methyl sites for hydroxylation is 2. The third kappa shape index (κ3) is 1.35. The van der Waals surface area contributed by atoms with Gasteiger partial charge >= 0.3 is 0 Å². The largest absolute Gasteiger partial charge is 0.358 e. The molecule has 1 N–H and O–H groups in total. The summed E-state index contributed by atoms with van der Waals surface area (Å²) in [5.74, 6) is 0. The van der Waals surface area contributed by atoms with Gasteiger partial charge in [0.25, 0.3) is 0 Å². The van der Waals surface area contributed by atoms with Crippen molar-refractivity contribution in [3.05, 3.63) is 29.5 Å². The van der Waals surface area contributed by atoms with Gasteiger partial charge in [0.15, 0.2) is 0 Å². The maximum Gasteiger partial charge on any atom is 0.0470 e. The monoisotopic (exact) mass is 191 g/mol. The van der Waals surface area contributed by atoms with Crippen LogP contribution in [0.2, 0.25) is 0 Å². The second-order valence-corrected chi connectivity index (χ2v) is 4.17. The number of aromatic nitrogens is 1. The summed E-state index contributed by atoms with van der Waals surface area (Å²) in [5.41, 5.74) is 3.89. The molecule has 1 heterocycles. The number of nitrogens with one attached hydrogen (secondary N) is 1. The van der Waals surface area contributed by atoms with Crippen LogP contribution in [0.5, 0.6) is 0 Å². The van der Waals surface area contributed by atoms with E-state index in [1.807, 2.05) is 0 Å². The lowest BCUT2D eigenvalue weighted by atomic mass is 10.2. The molecule has 0 aliphatic rings. The number of hydrogen-bond donors (Lipinski definition) is 1. The zero-order chi connectivity index (χ0) is 9.42. The Morgan fingerprint density at radius 1 is 1.23 bits per heavy atom. The highest BCUT2D eigenvalue weighted by molar-refractivity contribution is 7.98. The molecule has 13 heavy (non-hydrogen) atoms. The van der Waals surface area contributed by atoms with Gasteiger partial charge in [0, 0.05) is 21.5 Å². The topological polar surface area (TPSA) is 15.8 Å². The summed E-state index contributed by atoms with van der Waals surface area (Å²) in [6.45, 7) is 4.28. The molecule has 0 saturated heterocycles. The molecule has 0 unspecified atom stereocenters. The Kier molecular flexibility index (Phi) is 2.08. The van der Waals surface area contributed by atoms with Crippen LogP contribution >= 0.6 is 11.8 Å². The van der Waals surface area contributed by atoms with Gasteiger partial charge < -0.3 is 4.98 Å². The van der Waals surface area contributed by atoms with E-state index in [4.69, 9.17) is 0 Å². The Labute approximate surface area is 82.5 Å². The lowest BCUT2D eigenvalue weighted by Crippen LogP contribution is -1.71. The highest BCUT2D eigenvalue weighted by Crippen LogP contribution is 2.25. The average molecular weight is 191 g/mol. The highest BCUT2D eigenvalue weighted by Gasteiger charge is 2.03. The lowest BCUT2D eigenvalue weighted by molar-refractivity contribution is 1.25. The van der Waals surface area contributed by atoms with E-state index in [0.717, 1.165) is 0 Å². The normalized spacial score (nSPS) is 11.0. The van der Waals surface area contributed by atoms with Crippen LogP contribution in [0.25, 0.3) is 10.9 Å². The molecule has 0 radical (unpaired) electrons. The van der Waals surface area contributed by atoms with Crippen molar-refractivity contribution in [2.75, 3.05) is 6.26 Å². The lowest BCUT2D eigenvalue weighted by Gasteiger charge is -1.95. The third-order valence-electron chi connectivity index (χ3n) is 2.52. The summed E-state index contributed by atoms with van der Waals surface area (Å²) in [5, 5.41) is 1.34. The Bertz CT molecular complexity index is 443. The SMILES string of the molecule is CSc1ccc2c(C)c(C)[nH]c2c1. The molecule has 0 spiro atoms. The van der Waals surface area contributed by atoms with E-state index >= 15 is 0 Å². The van der Waals surface area contributed by atoms with E-state index in [0.29, 0.717) is 0 Å². The molecule has 2 heteroatoms. The van der Waals surface area contributed by atoms with Gasteiger partial charge in [0.05, 0.1) is 0 Å². The number of H-pyrrole nitrogens is 1. The van der Waals surface area contributed by atoms with Crippen LogP contribution in [0.1, 0.15) is 11.3 Å². The predicted molar refractivity (Wildman–Crippen MR) is 59.6 cm³/mol. The number of hydrogen-bond acceptors (Lipinski definition) is 1. The molecule has 1 aromatic heterocycles. The second kappa shape index (κ2) is 3.11. The first-order valence-electron chi connectivity index (χ1n) is 4.35. The standard InChI is InChI=1S/C11H13NS/c1-7-8(2)12-11-6-9(13-3)4-5-10(7)11/h4-6,12H,1-3H3. The maximum atomic E-state index is 3.39. The van der Waals surface area contributed by atoms with Gasteiger partial charge in [-0.05, 0) is 37.8 Å². The minimum Gasteiger partial charge on any atom is -0.358 e. The van der Waals surface area contributed by atoms with E-state index in [9.17, 15) is 0 Å². The summed E-state index contributed by atoms with van der Waals surface area (Å²) < 4.78 is 0. The number of rotatable bonds is 1. The molecule has 2 rings (SSSR count). The van der Waals surface area contributed by atoms with Gasteiger partial charge in [0.2, 0.25) is 0 Å². The quantitative estimate of drug-likeness (QED) is 0.682. The van der Waals surface area contributed by atoms with Crippen molar-refractivity contribution in [1.29, 1.82) is 0 Å². The van der Waals surface area contributed by atoms with Crippen LogP contribution < -0.4 is 0 Å². The van der Waals surface area contributed by atoms with E-state index in [2.05, 4.69) is 43.3 Å². The molecule has 0 aliphatic heterocycles. The van der Waals surface area contributed by atoms with Crippen molar-refractivity contribution in [1.82, 2.24) is 4.98 Å². The van der Waals surface area contributed by atoms with E-state index in [1.165, 1.54) is 27.1 Å². The summed E-state index contributed by atoms with van der Waals surface area (Å²) >= 11 is 1.78. The maximum absolute atomic E-state index is 3.39. The first kappa shape index (κ1) is 8.70. The van der Waals surface area contributed by atoms with Crippen LogP contribution in [0.3, 0.4) is 0 Å². The Balaban J connectivity index is 2.73. The van der Waals surface area contributed by atoms with Crippen molar-refractivity contribution < 1.29 is 0 Å². The molecule has 2 aromatic rings. The number of thioether (sulfide) groups is 1. The van der Waals surface area contributed by atoms with Gasteiger partial charge in [-0.3, -0.25) is 0 Å². The van der Waals surface area contributed by atoms with Crippen molar-refractivity contribution in [2.24, 2.45) is 0 Å². The molecule has 1 aromatic carbocycles. The molecule has 0 aliphatic carbocycles. The smallest absolute Gasteiger partial charge is 0.0470 e. The summed E-state index contributed by atoms with van der Waals surface area (Å²) in [6, 6.07) is 6.58. The van der Waals surface area contributed by atoms with E-state index in [-0.39, 0.29) is 0 Å². The minimum atomic E-state index is 1.25. The Hall–Kier alpha value is -0.890. The van der Waals surface area contributed by atoms with Gasteiger partial charge in [0.1, 0.15) is 0 Å². The minimum absolute atomic E-state index is 1.25. The first-order chi connectivity index (χ1) is 6.22. The summed E-state index contributed by atoms with van der Waals surface area (Å²) in [6.07, 6.45) is 2.10. The predicted octanol–water partition coefficient (Wildman–Crippen LogP) is 3.51. The molecule has 1 nitrogen and oxygen atoms in total. The van der Waals surface area contributed by atoms with Crippen LogP contribution in [0.15, 0.2) is 23.1 Å². The molecule has 0 bridgehead atoms. The fourth-order valence-corrected chi connectivity index (χ4v) is 2.02. The van der Waals surface area contributed by atoms with Crippen LogP contribution in [0.4, 0.5) is 0 Å². The van der Waals surface area contributed by atoms with Gasteiger partial charge in [-0.2, -0.15) is 0 Å². The first-order valence-corrected chi connectivity index (χ1v) is 5.58. The van der Waals surface area contributed by atoms with E-state index in [1.54, 1.807) is 11.8 Å². The van der Waals surface area contributed by atoms with Crippen molar-refractivity contribution in [3.63, 3.8) is 0 Å². The Morgan fingerprint density at radius 3 is 2.69 bits per heavy atom. The van der Waals surface area contributed by atoms with Crippen molar-refractivity contribution in [3.8, 4) is 0 Å². The number of fused-ring (bicyclic) bond motifs is 1. The number of benzene rings is 1. The highest BCUT2D eigenvalue weighted by atomic mass is 32.2. The summed E-state index contributed by atoms with van der Waals surface area (Å²) in [7, 11) is 0. The third-order valence-corrected chi connectivity index (χ3v) is 3.24. The zero-order valence-electron chi connectivity index (χ0n) is 8.14. The molecule has 68 valence electrons.